The lowest BCUT2D eigenvalue weighted by atomic mass is 10.1. The normalized spacial score (nSPS) is 11.5. The first-order valence-electron chi connectivity index (χ1n) is 6.59. The predicted octanol–water partition coefficient (Wildman–Crippen LogP) is 4.25. The van der Waals surface area contributed by atoms with E-state index in [0.29, 0.717) is 6.42 Å². The molecule has 0 atom stereocenters. The van der Waals surface area contributed by atoms with Gasteiger partial charge < -0.3 is 5.32 Å². The van der Waals surface area contributed by atoms with E-state index in [2.05, 4.69) is 33.0 Å². The van der Waals surface area contributed by atoms with Gasteiger partial charge in [0.2, 0.25) is 5.91 Å². The van der Waals surface area contributed by atoms with Crippen LogP contribution in [0.4, 0.5) is 0 Å². The van der Waals surface area contributed by atoms with Crippen molar-refractivity contribution in [2.45, 2.75) is 64.5 Å². The number of unbranched alkanes of at least 4 members (excludes halogenated alkanes) is 3. The molecule has 0 aromatic heterocycles. The van der Waals surface area contributed by atoms with Crippen molar-refractivity contribution >= 4 is 27.5 Å². The summed E-state index contributed by atoms with van der Waals surface area (Å²) in [6.07, 6.45) is 5.34. The fourth-order valence-corrected chi connectivity index (χ4v) is 3.42. The van der Waals surface area contributed by atoms with E-state index >= 15 is 0 Å². The minimum absolute atomic E-state index is 0.125. The molecule has 102 valence electrons. The van der Waals surface area contributed by atoms with Crippen LogP contribution in [0.5, 0.6) is 0 Å². The second-order valence-corrected chi connectivity index (χ2v) is 8.13. The van der Waals surface area contributed by atoms with Crippen LogP contribution >= 0.6 is 21.6 Å². The Labute approximate surface area is 114 Å². The summed E-state index contributed by atoms with van der Waals surface area (Å²) < 4.78 is 0.125. The van der Waals surface area contributed by atoms with Gasteiger partial charge in [-0.15, -0.1) is 0 Å². The van der Waals surface area contributed by atoms with Gasteiger partial charge in [-0.1, -0.05) is 54.7 Å². The van der Waals surface area contributed by atoms with Crippen molar-refractivity contribution < 1.29 is 4.79 Å². The van der Waals surface area contributed by atoms with Crippen LogP contribution in [-0.4, -0.2) is 23.0 Å². The van der Waals surface area contributed by atoms with E-state index < -0.39 is 0 Å². The summed E-state index contributed by atoms with van der Waals surface area (Å²) in [6.45, 7) is 9.46. The molecular formula is C13H27NOS2. The van der Waals surface area contributed by atoms with Crippen molar-refractivity contribution in [2.24, 2.45) is 0 Å². The van der Waals surface area contributed by atoms with Gasteiger partial charge in [-0.25, -0.2) is 0 Å². The van der Waals surface area contributed by atoms with Gasteiger partial charge in [0.25, 0.3) is 0 Å². The van der Waals surface area contributed by atoms with E-state index in [-0.39, 0.29) is 10.7 Å². The molecule has 1 amide bonds. The summed E-state index contributed by atoms with van der Waals surface area (Å²) in [4.78, 5) is 11.6. The van der Waals surface area contributed by atoms with Crippen LogP contribution in [-0.2, 0) is 4.79 Å². The SMILES string of the molecule is CCCCCCC(=O)NCC(C)(C)SSCC. The molecule has 0 aromatic carbocycles. The average molecular weight is 277 g/mol. The maximum atomic E-state index is 11.6. The second kappa shape index (κ2) is 10.1. The van der Waals surface area contributed by atoms with Gasteiger partial charge in [0.05, 0.1) is 0 Å². The maximum absolute atomic E-state index is 11.6. The number of carbonyl (C=O) groups excluding carboxylic acids is 1. The minimum Gasteiger partial charge on any atom is -0.355 e. The zero-order valence-corrected chi connectivity index (χ0v) is 13.3. The Kier molecular flexibility index (Phi) is 10.2. The third-order valence-corrected chi connectivity index (χ3v) is 5.73. The maximum Gasteiger partial charge on any atom is 0.220 e. The van der Waals surface area contributed by atoms with E-state index in [4.69, 9.17) is 0 Å². The standard InChI is InChI=1S/C13H27NOS2/c1-5-7-8-9-10-12(15)14-11-13(3,4)17-16-6-2/h5-11H2,1-4H3,(H,14,15). The molecule has 0 unspecified atom stereocenters. The lowest BCUT2D eigenvalue weighted by Crippen LogP contribution is -2.35. The molecule has 2 nitrogen and oxygen atoms in total. The molecule has 0 aliphatic carbocycles. The predicted molar refractivity (Wildman–Crippen MR) is 81.6 cm³/mol. The van der Waals surface area contributed by atoms with Crippen LogP contribution in [0.25, 0.3) is 0 Å². The smallest absolute Gasteiger partial charge is 0.220 e. The molecule has 0 radical (unpaired) electrons. The molecule has 0 saturated heterocycles. The zero-order chi connectivity index (χ0) is 13.1. The average Bonchev–Trinajstić information content (AvgIpc) is 2.30. The fourth-order valence-electron chi connectivity index (χ4n) is 1.36. The van der Waals surface area contributed by atoms with Gasteiger partial charge in [0, 0.05) is 23.5 Å². The van der Waals surface area contributed by atoms with Gasteiger partial charge in [0.1, 0.15) is 0 Å². The van der Waals surface area contributed by atoms with Crippen LogP contribution in [0.1, 0.15) is 59.8 Å². The van der Waals surface area contributed by atoms with Gasteiger partial charge in [-0.2, -0.15) is 0 Å². The van der Waals surface area contributed by atoms with Gasteiger partial charge >= 0.3 is 0 Å². The van der Waals surface area contributed by atoms with Crippen LogP contribution in [0, 0.1) is 0 Å². The quantitative estimate of drug-likeness (QED) is 0.478. The Morgan fingerprint density at radius 2 is 1.88 bits per heavy atom. The third kappa shape index (κ3) is 11.0. The Bertz CT molecular complexity index is 208. The number of hydrogen-bond donors (Lipinski definition) is 1. The highest BCUT2D eigenvalue weighted by Gasteiger charge is 2.19. The molecular weight excluding hydrogens is 250 g/mol. The molecule has 17 heavy (non-hydrogen) atoms. The van der Waals surface area contributed by atoms with Crippen LogP contribution < -0.4 is 5.32 Å². The first-order valence-corrected chi connectivity index (χ1v) is 8.91. The molecule has 0 fully saturated rings. The van der Waals surface area contributed by atoms with Crippen molar-refractivity contribution in [1.29, 1.82) is 0 Å². The number of hydrogen-bond acceptors (Lipinski definition) is 3. The topological polar surface area (TPSA) is 29.1 Å². The molecule has 0 aliphatic heterocycles. The zero-order valence-electron chi connectivity index (χ0n) is 11.7. The summed E-state index contributed by atoms with van der Waals surface area (Å²) in [7, 11) is 3.71. The summed E-state index contributed by atoms with van der Waals surface area (Å²) in [5.74, 6) is 1.32. The van der Waals surface area contributed by atoms with E-state index in [9.17, 15) is 4.79 Å². The molecule has 0 aromatic rings. The molecule has 0 bridgehead atoms. The van der Waals surface area contributed by atoms with Gasteiger partial charge in [-0.3, -0.25) is 4.79 Å². The third-order valence-electron chi connectivity index (χ3n) is 2.37. The minimum atomic E-state index is 0.125. The Morgan fingerprint density at radius 1 is 1.18 bits per heavy atom. The molecule has 0 rings (SSSR count). The molecule has 0 spiro atoms. The first kappa shape index (κ1) is 17.2. The van der Waals surface area contributed by atoms with E-state index in [1.54, 1.807) is 0 Å². The highest BCUT2D eigenvalue weighted by Crippen LogP contribution is 2.34. The van der Waals surface area contributed by atoms with E-state index in [0.717, 1.165) is 18.7 Å². The van der Waals surface area contributed by atoms with Crippen molar-refractivity contribution in [1.82, 2.24) is 5.32 Å². The molecule has 0 saturated carbocycles. The Hall–Kier alpha value is 0.170. The number of carbonyl (C=O) groups is 1. The van der Waals surface area contributed by atoms with Crippen molar-refractivity contribution in [3.8, 4) is 0 Å². The second-order valence-electron chi connectivity index (χ2n) is 4.84. The Morgan fingerprint density at radius 3 is 2.47 bits per heavy atom. The largest absolute Gasteiger partial charge is 0.355 e. The van der Waals surface area contributed by atoms with Crippen LogP contribution in [0.15, 0.2) is 0 Å². The fraction of sp³-hybridized carbons (Fsp3) is 0.923. The number of rotatable bonds is 10. The summed E-state index contributed by atoms with van der Waals surface area (Å²) in [6, 6.07) is 0. The monoisotopic (exact) mass is 277 g/mol. The number of amides is 1. The summed E-state index contributed by atoms with van der Waals surface area (Å²) in [5, 5.41) is 3.04. The molecule has 1 N–H and O–H groups in total. The van der Waals surface area contributed by atoms with E-state index in [1.165, 1.54) is 19.3 Å². The lowest BCUT2D eigenvalue weighted by Gasteiger charge is -2.23. The van der Waals surface area contributed by atoms with Crippen molar-refractivity contribution in [3.05, 3.63) is 0 Å². The molecule has 0 aliphatic rings. The van der Waals surface area contributed by atoms with Gasteiger partial charge in [0.15, 0.2) is 0 Å². The molecule has 0 heterocycles. The van der Waals surface area contributed by atoms with Gasteiger partial charge in [-0.05, 0) is 20.3 Å². The highest BCUT2D eigenvalue weighted by atomic mass is 33.1. The highest BCUT2D eigenvalue weighted by molar-refractivity contribution is 8.77. The summed E-state index contributed by atoms with van der Waals surface area (Å²) >= 11 is 0. The first-order chi connectivity index (χ1) is 8.02. The van der Waals surface area contributed by atoms with Crippen LogP contribution in [0.3, 0.4) is 0 Å². The Balaban J connectivity index is 3.60. The van der Waals surface area contributed by atoms with Crippen LogP contribution in [0.2, 0.25) is 0 Å². The summed E-state index contributed by atoms with van der Waals surface area (Å²) in [5.41, 5.74) is 0. The number of nitrogens with one attached hydrogen (secondary N) is 1. The van der Waals surface area contributed by atoms with Crippen molar-refractivity contribution in [3.63, 3.8) is 0 Å². The van der Waals surface area contributed by atoms with E-state index in [1.807, 2.05) is 21.6 Å². The lowest BCUT2D eigenvalue weighted by molar-refractivity contribution is -0.121. The molecule has 4 heteroatoms. The van der Waals surface area contributed by atoms with Crippen molar-refractivity contribution in [2.75, 3.05) is 12.3 Å².